The van der Waals surface area contributed by atoms with Crippen LogP contribution in [-0.4, -0.2) is 13.0 Å². The van der Waals surface area contributed by atoms with Crippen molar-refractivity contribution in [3.63, 3.8) is 0 Å². The highest BCUT2D eigenvalue weighted by molar-refractivity contribution is 9.10. The summed E-state index contributed by atoms with van der Waals surface area (Å²) in [6.45, 7) is 1.78. The zero-order valence-corrected chi connectivity index (χ0v) is 16.5. The van der Waals surface area contributed by atoms with Gasteiger partial charge in [0.2, 0.25) is 0 Å². The standard InChI is InChI=1S/C18H13BrCl2N2O2/c1-10-14(20)4-3-5-16(10)23-18(24)12(9-22)6-11-7-13(19)8-15(21)17(11)25-2/h3-8H,1-2H3,(H,23,24)/b12-6+. The van der Waals surface area contributed by atoms with E-state index in [0.717, 1.165) is 5.56 Å². The van der Waals surface area contributed by atoms with Gasteiger partial charge in [-0.3, -0.25) is 4.79 Å². The summed E-state index contributed by atoms with van der Waals surface area (Å²) in [7, 11) is 1.47. The van der Waals surface area contributed by atoms with Gasteiger partial charge in [-0.2, -0.15) is 5.26 Å². The lowest BCUT2D eigenvalue weighted by molar-refractivity contribution is -0.112. The van der Waals surface area contributed by atoms with Crippen LogP contribution in [0.1, 0.15) is 11.1 Å². The molecule has 0 saturated heterocycles. The molecule has 0 radical (unpaired) electrons. The van der Waals surface area contributed by atoms with E-state index < -0.39 is 5.91 Å². The molecule has 0 aliphatic heterocycles. The Bertz CT molecular complexity index is 905. The summed E-state index contributed by atoms with van der Waals surface area (Å²) in [5.74, 6) is -0.171. The number of hydrogen-bond acceptors (Lipinski definition) is 3. The van der Waals surface area contributed by atoms with Crippen LogP contribution in [0.2, 0.25) is 10.0 Å². The number of nitrogens with one attached hydrogen (secondary N) is 1. The Labute approximate surface area is 164 Å². The molecule has 0 atom stereocenters. The number of benzene rings is 2. The van der Waals surface area contributed by atoms with E-state index in [0.29, 0.717) is 31.5 Å². The molecule has 0 saturated carbocycles. The third-order valence-corrected chi connectivity index (χ3v) is 4.57. The Hall–Kier alpha value is -2.00. The fourth-order valence-corrected chi connectivity index (χ4v) is 3.23. The van der Waals surface area contributed by atoms with Crippen molar-refractivity contribution in [2.45, 2.75) is 6.92 Å². The number of hydrogen-bond donors (Lipinski definition) is 1. The summed E-state index contributed by atoms with van der Waals surface area (Å²) < 4.78 is 5.96. The number of amides is 1. The van der Waals surface area contributed by atoms with Gasteiger partial charge in [0.1, 0.15) is 17.4 Å². The second-order valence-electron chi connectivity index (χ2n) is 5.05. The van der Waals surface area contributed by atoms with E-state index in [4.69, 9.17) is 27.9 Å². The minimum atomic E-state index is -0.550. The van der Waals surface area contributed by atoms with E-state index >= 15 is 0 Å². The van der Waals surface area contributed by atoms with Gasteiger partial charge in [0.15, 0.2) is 0 Å². The van der Waals surface area contributed by atoms with Gasteiger partial charge in [0.25, 0.3) is 5.91 Å². The number of anilines is 1. The van der Waals surface area contributed by atoms with E-state index in [2.05, 4.69) is 21.2 Å². The first-order valence-electron chi connectivity index (χ1n) is 7.08. The topological polar surface area (TPSA) is 62.1 Å². The molecule has 2 aromatic rings. The number of ether oxygens (including phenoxy) is 1. The molecular weight excluding hydrogens is 427 g/mol. The number of rotatable bonds is 4. The number of carbonyl (C=O) groups excluding carboxylic acids is 1. The molecule has 0 spiro atoms. The number of halogens is 3. The highest BCUT2D eigenvalue weighted by Gasteiger charge is 2.15. The molecule has 0 unspecified atom stereocenters. The SMILES string of the molecule is COc1c(Cl)cc(Br)cc1/C=C(\C#N)C(=O)Nc1cccc(Cl)c1C. The molecule has 128 valence electrons. The van der Waals surface area contributed by atoms with Crippen LogP contribution in [0.4, 0.5) is 5.69 Å². The minimum Gasteiger partial charge on any atom is -0.495 e. The Balaban J connectivity index is 2.40. The van der Waals surface area contributed by atoms with Crippen molar-refractivity contribution in [2.24, 2.45) is 0 Å². The third-order valence-electron chi connectivity index (χ3n) is 3.42. The first kappa shape index (κ1) is 19.3. The Kier molecular flexibility index (Phi) is 6.49. The van der Waals surface area contributed by atoms with E-state index in [1.165, 1.54) is 13.2 Å². The van der Waals surface area contributed by atoms with Crippen molar-refractivity contribution in [1.29, 1.82) is 5.26 Å². The highest BCUT2D eigenvalue weighted by atomic mass is 79.9. The summed E-state index contributed by atoms with van der Waals surface area (Å²) in [4.78, 5) is 12.5. The van der Waals surface area contributed by atoms with Crippen LogP contribution in [0, 0.1) is 18.3 Å². The number of carbonyl (C=O) groups is 1. The average Bonchev–Trinajstić information content (AvgIpc) is 2.56. The van der Waals surface area contributed by atoms with Crippen molar-refractivity contribution in [2.75, 3.05) is 12.4 Å². The average molecular weight is 440 g/mol. The maximum atomic E-state index is 12.5. The van der Waals surface area contributed by atoms with Gasteiger partial charge in [0, 0.05) is 20.7 Å². The summed E-state index contributed by atoms with van der Waals surface area (Å²) in [6, 6.07) is 10.4. The first-order chi connectivity index (χ1) is 11.9. The summed E-state index contributed by atoms with van der Waals surface area (Å²) in [6.07, 6.45) is 1.42. The van der Waals surface area contributed by atoms with E-state index in [-0.39, 0.29) is 5.57 Å². The number of nitriles is 1. The van der Waals surface area contributed by atoms with Crippen LogP contribution in [0.3, 0.4) is 0 Å². The summed E-state index contributed by atoms with van der Waals surface area (Å²) in [5, 5.41) is 13.0. The number of nitrogens with zero attached hydrogens (tertiary/aromatic N) is 1. The van der Waals surface area contributed by atoms with E-state index in [9.17, 15) is 10.1 Å². The van der Waals surface area contributed by atoms with Gasteiger partial charge in [-0.05, 0) is 42.8 Å². The molecular formula is C18H13BrCl2N2O2. The molecule has 2 rings (SSSR count). The molecule has 0 aliphatic carbocycles. The zero-order valence-electron chi connectivity index (χ0n) is 13.4. The maximum Gasteiger partial charge on any atom is 0.266 e. The van der Waals surface area contributed by atoms with Crippen LogP contribution in [-0.2, 0) is 4.79 Å². The smallest absolute Gasteiger partial charge is 0.266 e. The lowest BCUT2D eigenvalue weighted by Crippen LogP contribution is -2.14. The predicted octanol–water partition coefficient (Wildman–Crippen LogP) is 5.62. The van der Waals surface area contributed by atoms with Gasteiger partial charge in [-0.15, -0.1) is 0 Å². The van der Waals surface area contributed by atoms with Crippen molar-refractivity contribution >= 4 is 56.8 Å². The minimum absolute atomic E-state index is 0.0909. The van der Waals surface area contributed by atoms with Crippen LogP contribution in [0.5, 0.6) is 5.75 Å². The lowest BCUT2D eigenvalue weighted by Gasteiger charge is -2.10. The van der Waals surface area contributed by atoms with Gasteiger partial charge < -0.3 is 10.1 Å². The second kappa shape index (κ2) is 8.39. The second-order valence-corrected chi connectivity index (χ2v) is 6.78. The first-order valence-corrected chi connectivity index (χ1v) is 8.63. The van der Waals surface area contributed by atoms with Gasteiger partial charge in [-0.1, -0.05) is 45.2 Å². The molecule has 1 N–H and O–H groups in total. The largest absolute Gasteiger partial charge is 0.495 e. The van der Waals surface area contributed by atoms with Gasteiger partial charge in [-0.25, -0.2) is 0 Å². The van der Waals surface area contributed by atoms with Crippen molar-refractivity contribution in [3.8, 4) is 11.8 Å². The van der Waals surface area contributed by atoms with Crippen LogP contribution in [0.15, 0.2) is 40.4 Å². The molecule has 0 heterocycles. The normalized spacial score (nSPS) is 11.0. The molecule has 2 aromatic carbocycles. The molecule has 0 fully saturated rings. The Morgan fingerprint density at radius 3 is 2.68 bits per heavy atom. The molecule has 0 bridgehead atoms. The summed E-state index contributed by atoms with van der Waals surface area (Å²) >= 11 is 15.5. The van der Waals surface area contributed by atoms with Crippen LogP contribution in [0.25, 0.3) is 6.08 Å². The van der Waals surface area contributed by atoms with Crippen LogP contribution < -0.4 is 10.1 Å². The fraction of sp³-hybridized carbons (Fsp3) is 0.111. The van der Waals surface area contributed by atoms with Gasteiger partial charge >= 0.3 is 0 Å². The molecule has 0 aromatic heterocycles. The van der Waals surface area contributed by atoms with Gasteiger partial charge in [0.05, 0.1) is 12.1 Å². The molecule has 0 aliphatic rings. The van der Waals surface area contributed by atoms with Crippen LogP contribution >= 0.6 is 39.1 Å². The molecule has 4 nitrogen and oxygen atoms in total. The molecule has 25 heavy (non-hydrogen) atoms. The Morgan fingerprint density at radius 1 is 1.32 bits per heavy atom. The predicted molar refractivity (Wildman–Crippen MR) is 104 cm³/mol. The van der Waals surface area contributed by atoms with E-state index in [1.54, 1.807) is 37.3 Å². The molecule has 1 amide bonds. The van der Waals surface area contributed by atoms with Crippen molar-refractivity contribution in [3.05, 3.63) is 61.5 Å². The third kappa shape index (κ3) is 4.55. The monoisotopic (exact) mass is 438 g/mol. The highest BCUT2D eigenvalue weighted by Crippen LogP contribution is 2.34. The van der Waals surface area contributed by atoms with E-state index in [1.807, 2.05) is 6.07 Å². The lowest BCUT2D eigenvalue weighted by atomic mass is 10.1. The summed E-state index contributed by atoms with van der Waals surface area (Å²) in [5.41, 5.74) is 1.68. The van der Waals surface area contributed by atoms with Crippen molar-refractivity contribution in [1.82, 2.24) is 0 Å². The zero-order chi connectivity index (χ0) is 18.6. The quantitative estimate of drug-likeness (QED) is 0.496. The maximum absolute atomic E-state index is 12.5. The van der Waals surface area contributed by atoms with Crippen molar-refractivity contribution < 1.29 is 9.53 Å². The fourth-order valence-electron chi connectivity index (χ4n) is 2.14. The number of methoxy groups -OCH3 is 1. The Morgan fingerprint density at radius 2 is 2.04 bits per heavy atom. The molecule has 7 heteroatoms.